The Morgan fingerprint density at radius 1 is 1.39 bits per heavy atom. The number of halogens is 1. The number of nitrogens with two attached hydrogens (primary N) is 2. The van der Waals surface area contributed by atoms with Gasteiger partial charge in [-0.3, -0.25) is 14.5 Å². The number of aliphatic carboxylic acids is 1. The molecule has 0 unspecified atom stereocenters. The van der Waals surface area contributed by atoms with Crippen molar-refractivity contribution < 1.29 is 33.3 Å². The number of anilines is 2. The molecule has 5 rings (SSSR count). The first-order chi connectivity index (χ1) is 17.3. The number of carbonyl (C=O) groups is 3. The van der Waals surface area contributed by atoms with Crippen molar-refractivity contribution in [1.82, 2.24) is 24.8 Å². The van der Waals surface area contributed by atoms with Gasteiger partial charge in [0.25, 0.3) is 18.7 Å². The molecule has 36 heavy (non-hydrogen) atoms. The summed E-state index contributed by atoms with van der Waals surface area (Å²) in [4.78, 5) is 47.4. The number of thioether (sulfide) groups is 1. The topological polar surface area (TPSA) is 197 Å². The molecule has 2 atom stereocenters. The largest absolute Gasteiger partial charge is 0.543 e. The summed E-state index contributed by atoms with van der Waals surface area (Å²) in [5.74, 6) is -2.62. The first-order valence-electron chi connectivity index (χ1n) is 10.1. The fourth-order valence-electron chi connectivity index (χ4n) is 3.88. The third-order valence-electron chi connectivity index (χ3n) is 5.41. The highest BCUT2D eigenvalue weighted by atomic mass is 32.2. The molecular weight excluding hydrogens is 517 g/mol. The predicted octanol–water partition coefficient (Wildman–Crippen LogP) is -2.09. The number of aromatic nitrogens is 4. The molecular formula is C19H16FN9O5S2. The molecule has 3 aromatic rings. The van der Waals surface area contributed by atoms with Gasteiger partial charge in [0, 0.05) is 11.4 Å². The number of carbonyl (C=O) groups excluding carboxylic acids is 3. The van der Waals surface area contributed by atoms with Crippen molar-refractivity contribution in [1.29, 1.82) is 0 Å². The van der Waals surface area contributed by atoms with Crippen molar-refractivity contribution in [3.63, 3.8) is 0 Å². The predicted molar refractivity (Wildman–Crippen MR) is 123 cm³/mol. The average molecular weight is 534 g/mol. The van der Waals surface area contributed by atoms with Crippen LogP contribution < -0.4 is 26.5 Å². The van der Waals surface area contributed by atoms with Crippen LogP contribution in [0.25, 0.3) is 11.3 Å². The van der Waals surface area contributed by atoms with E-state index in [0.717, 1.165) is 16.2 Å². The zero-order chi connectivity index (χ0) is 25.6. The highest BCUT2D eigenvalue weighted by Crippen LogP contribution is 2.40. The Balaban J connectivity index is 1.44. The van der Waals surface area contributed by atoms with E-state index in [1.54, 1.807) is 22.9 Å². The lowest BCUT2D eigenvalue weighted by Crippen LogP contribution is -2.72. The minimum Gasteiger partial charge on any atom is -0.543 e. The van der Waals surface area contributed by atoms with Crippen LogP contribution in [0.4, 0.5) is 15.3 Å². The number of nitrogens with one attached hydrogen (secondary N) is 1. The Hall–Kier alpha value is -4.25. The standard InChI is InChI=1S/C19H16FN9O5S2/c20-7-34-26-12(8-5-36-19(22)24-8)15(30)25-13-16(31)28-14(18(32)33)9(6-35-17(13)28)27-4-2-10(21)29-11(27)1-3-23-29/h1-5,13,17,21H,6-7H2,(H4,22,24,25,30,32,33)/t13-,17+/m1/s1. The van der Waals surface area contributed by atoms with Crippen LogP contribution in [-0.2, 0) is 19.2 Å². The maximum absolute atomic E-state index is 13.0. The van der Waals surface area contributed by atoms with Crippen LogP contribution in [0.3, 0.4) is 0 Å². The van der Waals surface area contributed by atoms with Gasteiger partial charge in [-0.05, 0) is 0 Å². The summed E-state index contributed by atoms with van der Waals surface area (Å²) >= 11 is 2.26. The van der Waals surface area contributed by atoms with E-state index >= 15 is 0 Å². The normalized spacial score (nSPS) is 19.8. The van der Waals surface area contributed by atoms with Gasteiger partial charge in [-0.2, -0.15) is 4.57 Å². The van der Waals surface area contributed by atoms with E-state index in [4.69, 9.17) is 11.5 Å². The molecule has 186 valence electrons. The number of alkyl halides is 1. The Kier molecular flexibility index (Phi) is 5.92. The summed E-state index contributed by atoms with van der Waals surface area (Å²) in [6, 6.07) is 2.10. The Morgan fingerprint density at radius 3 is 2.89 bits per heavy atom. The molecule has 2 amide bonds. The maximum Gasteiger partial charge on any atom is 0.315 e. The second-order valence-electron chi connectivity index (χ2n) is 7.40. The molecule has 1 saturated heterocycles. The molecule has 17 heteroatoms. The molecule has 14 nitrogen and oxygen atoms in total. The quantitative estimate of drug-likeness (QED) is 0.131. The molecule has 0 aliphatic carbocycles. The van der Waals surface area contributed by atoms with Crippen molar-refractivity contribution in [2.24, 2.45) is 5.16 Å². The molecule has 5 N–H and O–H groups in total. The number of β-lactam (4-membered cyclic amide) rings is 1. The molecule has 2 aliphatic heterocycles. The van der Waals surface area contributed by atoms with E-state index in [-0.39, 0.29) is 33.7 Å². The van der Waals surface area contributed by atoms with Crippen molar-refractivity contribution in [3.8, 4) is 0 Å². The molecule has 5 heterocycles. The zero-order valence-electron chi connectivity index (χ0n) is 18.0. The number of hydrogen-bond donors (Lipinski definition) is 3. The van der Waals surface area contributed by atoms with Gasteiger partial charge in [-0.1, -0.05) is 14.8 Å². The van der Waals surface area contributed by atoms with Gasteiger partial charge in [0.1, 0.15) is 34.7 Å². The number of hydrogen-bond acceptors (Lipinski definition) is 12. The highest BCUT2D eigenvalue weighted by molar-refractivity contribution is 8.00. The monoisotopic (exact) mass is 533 g/mol. The summed E-state index contributed by atoms with van der Waals surface area (Å²) in [7, 11) is 0. The number of fused-ring (bicyclic) bond motifs is 2. The van der Waals surface area contributed by atoms with Gasteiger partial charge in [0.15, 0.2) is 10.8 Å². The van der Waals surface area contributed by atoms with Crippen molar-refractivity contribution in [2.75, 3.05) is 24.1 Å². The number of thiazole rings is 1. The van der Waals surface area contributed by atoms with Crippen LogP contribution in [-0.4, -0.2) is 67.0 Å². The lowest BCUT2D eigenvalue weighted by atomic mass is 10.0. The van der Waals surface area contributed by atoms with Crippen LogP contribution in [0.15, 0.2) is 40.8 Å². The molecule has 2 aliphatic rings. The number of oxime groups is 1. The molecule has 0 saturated carbocycles. The smallest absolute Gasteiger partial charge is 0.315 e. The molecule has 0 spiro atoms. The van der Waals surface area contributed by atoms with Crippen LogP contribution in [0.1, 0.15) is 5.69 Å². The Bertz CT molecular complexity index is 1470. The van der Waals surface area contributed by atoms with Crippen LogP contribution >= 0.6 is 23.1 Å². The van der Waals surface area contributed by atoms with E-state index in [0.29, 0.717) is 11.5 Å². The Morgan fingerprint density at radius 2 is 2.19 bits per heavy atom. The van der Waals surface area contributed by atoms with Crippen molar-refractivity contribution in [3.05, 3.63) is 41.3 Å². The van der Waals surface area contributed by atoms with E-state index in [9.17, 15) is 23.9 Å². The van der Waals surface area contributed by atoms with Crippen molar-refractivity contribution >= 4 is 68.9 Å². The number of nitrogens with zero attached hydrogens (tertiary/aromatic N) is 6. The second-order valence-corrected chi connectivity index (χ2v) is 9.40. The van der Waals surface area contributed by atoms with E-state index in [1.165, 1.54) is 27.9 Å². The third-order valence-corrected chi connectivity index (χ3v) is 7.35. The van der Waals surface area contributed by atoms with Crippen LogP contribution in [0.2, 0.25) is 0 Å². The highest BCUT2D eigenvalue weighted by Gasteiger charge is 2.54. The summed E-state index contributed by atoms with van der Waals surface area (Å²) in [6.07, 6.45) is 3.07. The van der Waals surface area contributed by atoms with E-state index in [2.05, 4.69) is 25.4 Å². The number of carboxylic acids is 1. The number of amides is 2. The van der Waals surface area contributed by atoms with Crippen LogP contribution in [0.5, 0.6) is 0 Å². The molecule has 1 fully saturated rings. The molecule has 0 radical (unpaired) electrons. The average Bonchev–Trinajstić information content (AvgIpc) is 3.52. The molecule has 0 bridgehead atoms. The first-order valence-corrected chi connectivity index (χ1v) is 12.1. The van der Waals surface area contributed by atoms with Crippen LogP contribution in [0, 0.1) is 0 Å². The van der Waals surface area contributed by atoms with Gasteiger partial charge in [0.05, 0.1) is 24.0 Å². The third kappa shape index (κ3) is 3.77. The SMILES string of the molecule is Nc1nc(C(=NOCF)C(=O)N[C@@H]2C(=O)N3C(C(=O)[O-])=C([n+]4ccc(N)n5nccc54)CS[C@@H]23)cs1. The van der Waals surface area contributed by atoms with Gasteiger partial charge in [0.2, 0.25) is 5.82 Å². The summed E-state index contributed by atoms with van der Waals surface area (Å²) in [6.45, 7) is -1.29. The van der Waals surface area contributed by atoms with Gasteiger partial charge < -0.3 is 31.5 Å². The minimum absolute atomic E-state index is 0.0329. The minimum atomic E-state index is -1.56. The lowest BCUT2D eigenvalue weighted by Gasteiger charge is -2.49. The lowest BCUT2D eigenvalue weighted by molar-refractivity contribution is -0.557. The second kappa shape index (κ2) is 9.08. The Labute approximate surface area is 209 Å². The van der Waals surface area contributed by atoms with E-state index in [1.807, 2.05) is 0 Å². The summed E-state index contributed by atoms with van der Waals surface area (Å²) in [5, 5.41) is 23.0. The van der Waals surface area contributed by atoms with Gasteiger partial charge in [-0.15, -0.1) is 23.1 Å². The van der Waals surface area contributed by atoms with Gasteiger partial charge >= 0.3 is 5.65 Å². The maximum atomic E-state index is 13.0. The molecule has 3 aromatic heterocycles. The number of nitrogen functional groups attached to an aromatic ring is 2. The fourth-order valence-corrected chi connectivity index (χ4v) is 5.77. The zero-order valence-corrected chi connectivity index (χ0v) is 19.7. The molecule has 0 aromatic carbocycles. The number of rotatable bonds is 7. The van der Waals surface area contributed by atoms with Crippen molar-refractivity contribution in [2.45, 2.75) is 11.4 Å². The summed E-state index contributed by atoms with van der Waals surface area (Å²) < 4.78 is 15.5. The van der Waals surface area contributed by atoms with E-state index < -0.39 is 36.1 Å². The fraction of sp³-hybridized carbons (Fsp3) is 0.211. The first kappa shape index (κ1) is 23.5. The van der Waals surface area contributed by atoms with Gasteiger partial charge in [-0.25, -0.2) is 9.37 Å². The number of carboxylic acid groups (broad SMARTS) is 1. The summed E-state index contributed by atoms with van der Waals surface area (Å²) in [5.41, 5.74) is 11.6.